The smallest absolute Gasteiger partial charge is 0.160 e. The summed E-state index contributed by atoms with van der Waals surface area (Å²) in [4.78, 5) is 15.0. The van der Waals surface area contributed by atoms with Gasteiger partial charge in [0.15, 0.2) is 5.82 Å². The average molecular weight is 748 g/mol. The number of hydrogen-bond acceptors (Lipinski definition) is 3. The maximum Gasteiger partial charge on any atom is 0.160 e. The van der Waals surface area contributed by atoms with Crippen LogP contribution in [0.15, 0.2) is 211 Å². The highest BCUT2D eigenvalue weighted by atomic mass is 14.9. The van der Waals surface area contributed by atoms with Crippen molar-refractivity contribution in [1.29, 1.82) is 0 Å². The third-order valence-corrected chi connectivity index (χ3v) is 10.3. The minimum absolute atomic E-state index is 0.667. The minimum atomic E-state index is 0.667. The van der Waals surface area contributed by atoms with Crippen LogP contribution in [0.4, 0.5) is 0 Å². The highest BCUT2D eigenvalue weighted by molar-refractivity contribution is 5.81. The third kappa shape index (κ3) is 8.91. The number of aromatic nitrogens is 2. The molecule has 8 aromatic rings. The second kappa shape index (κ2) is 18.1. The fourth-order valence-electron chi connectivity index (χ4n) is 7.14. The van der Waals surface area contributed by atoms with Gasteiger partial charge in [0.2, 0.25) is 0 Å². The molecule has 0 bridgehead atoms. The van der Waals surface area contributed by atoms with E-state index in [1.54, 1.807) is 0 Å². The Balaban J connectivity index is 1.20. The van der Waals surface area contributed by atoms with Gasteiger partial charge < -0.3 is 0 Å². The lowest BCUT2D eigenvalue weighted by molar-refractivity contribution is 0.959. The maximum atomic E-state index is 5.27. The quantitative estimate of drug-likeness (QED) is 0.0922. The molecule has 0 aliphatic carbocycles. The molecular formula is C55H45N3. The number of allylic oxidation sites excluding steroid dienone is 3. The van der Waals surface area contributed by atoms with Crippen LogP contribution in [0.3, 0.4) is 0 Å². The molecule has 0 aliphatic heterocycles. The second-order valence-corrected chi connectivity index (χ2v) is 14.3. The number of rotatable bonds is 12. The van der Waals surface area contributed by atoms with E-state index in [1.807, 2.05) is 19.3 Å². The summed E-state index contributed by atoms with van der Waals surface area (Å²) in [6.07, 6.45) is 10.2. The molecule has 0 unspecified atom stereocenters. The molecule has 8 rings (SSSR count). The van der Waals surface area contributed by atoms with Gasteiger partial charge in [-0.25, -0.2) is 9.97 Å². The number of benzene rings is 7. The lowest BCUT2D eigenvalue weighted by atomic mass is 9.97. The Kier molecular flexibility index (Phi) is 11.8. The van der Waals surface area contributed by atoms with E-state index in [1.165, 1.54) is 22.3 Å². The first-order chi connectivity index (χ1) is 28.6. The van der Waals surface area contributed by atoms with Crippen LogP contribution < -0.4 is 0 Å². The van der Waals surface area contributed by atoms with Crippen LogP contribution >= 0.6 is 0 Å². The molecular weight excluding hydrogens is 703 g/mol. The molecule has 0 aliphatic rings. The van der Waals surface area contributed by atoms with E-state index in [9.17, 15) is 0 Å². The van der Waals surface area contributed by atoms with Crippen LogP contribution in [0, 0.1) is 0 Å². The number of nitrogens with zero attached hydrogens (tertiary/aromatic N) is 3. The first kappa shape index (κ1) is 37.7. The Bertz CT molecular complexity index is 2560. The summed E-state index contributed by atoms with van der Waals surface area (Å²) in [5.41, 5.74) is 16.2. The topological polar surface area (TPSA) is 38.1 Å². The fourth-order valence-corrected chi connectivity index (χ4v) is 7.14. The molecule has 0 fully saturated rings. The number of aliphatic imine (C=N–C) groups is 1. The summed E-state index contributed by atoms with van der Waals surface area (Å²) in [6.45, 7) is 4.12. The normalized spacial score (nSPS) is 11.7. The van der Waals surface area contributed by atoms with Crippen LogP contribution in [0.25, 0.3) is 84.0 Å². The van der Waals surface area contributed by atoms with Crippen LogP contribution in [0.2, 0.25) is 0 Å². The van der Waals surface area contributed by atoms with Crippen molar-refractivity contribution in [2.24, 2.45) is 4.99 Å². The largest absolute Gasteiger partial charge is 0.269 e. The van der Waals surface area contributed by atoms with Crippen molar-refractivity contribution < 1.29 is 0 Å². The van der Waals surface area contributed by atoms with Crippen LogP contribution in [0.5, 0.6) is 0 Å². The Morgan fingerprint density at radius 3 is 1.38 bits per heavy atom. The summed E-state index contributed by atoms with van der Waals surface area (Å²) in [5, 5.41) is 0. The first-order valence-electron chi connectivity index (χ1n) is 20.0. The molecule has 1 aromatic heterocycles. The van der Waals surface area contributed by atoms with Crippen molar-refractivity contribution in [1.82, 2.24) is 9.97 Å². The van der Waals surface area contributed by atoms with E-state index in [4.69, 9.17) is 9.97 Å². The highest BCUT2D eigenvalue weighted by Gasteiger charge is 2.14. The minimum Gasteiger partial charge on any atom is -0.269 e. The molecule has 0 atom stereocenters. The summed E-state index contributed by atoms with van der Waals surface area (Å²) in [7, 11) is 0. The van der Waals surface area contributed by atoms with Gasteiger partial charge in [0.25, 0.3) is 0 Å². The lowest BCUT2D eigenvalue weighted by Crippen LogP contribution is -1.97. The Morgan fingerprint density at radius 2 is 0.879 bits per heavy atom. The van der Waals surface area contributed by atoms with Crippen molar-refractivity contribution in [3.05, 3.63) is 212 Å². The molecule has 0 saturated carbocycles. The van der Waals surface area contributed by atoms with Gasteiger partial charge in [-0.05, 0) is 93.3 Å². The molecule has 3 heteroatoms. The maximum absolute atomic E-state index is 5.27. The predicted octanol–water partition coefficient (Wildman–Crippen LogP) is 14.9. The lowest BCUT2D eigenvalue weighted by Gasteiger charge is -2.13. The first-order valence-corrected chi connectivity index (χ1v) is 20.0. The zero-order valence-corrected chi connectivity index (χ0v) is 33.0. The molecule has 7 aromatic carbocycles. The third-order valence-electron chi connectivity index (χ3n) is 10.3. The molecule has 0 saturated heterocycles. The number of hydrogen-bond donors (Lipinski definition) is 0. The molecule has 0 amide bonds. The Labute approximate surface area is 342 Å². The Hall–Kier alpha value is -7.23. The van der Waals surface area contributed by atoms with E-state index >= 15 is 0 Å². The molecule has 58 heavy (non-hydrogen) atoms. The molecule has 3 nitrogen and oxygen atoms in total. The number of unbranched alkanes of at least 4 members (excludes halogenated alkanes) is 1. The van der Waals surface area contributed by atoms with Gasteiger partial charge in [0.1, 0.15) is 0 Å². The van der Waals surface area contributed by atoms with Gasteiger partial charge in [-0.15, -0.1) is 0 Å². The highest BCUT2D eigenvalue weighted by Crippen LogP contribution is 2.34. The summed E-state index contributed by atoms with van der Waals surface area (Å²) in [6, 6.07) is 66.5. The van der Waals surface area contributed by atoms with E-state index in [0.717, 1.165) is 74.3 Å². The van der Waals surface area contributed by atoms with Gasteiger partial charge in [-0.2, -0.15) is 0 Å². The van der Waals surface area contributed by atoms with Crippen molar-refractivity contribution >= 4 is 11.8 Å². The van der Waals surface area contributed by atoms with Crippen molar-refractivity contribution in [2.75, 3.05) is 0 Å². The van der Waals surface area contributed by atoms with Gasteiger partial charge in [0.05, 0.1) is 11.4 Å². The van der Waals surface area contributed by atoms with Gasteiger partial charge >= 0.3 is 0 Å². The second-order valence-electron chi connectivity index (χ2n) is 14.3. The SMILES string of the molecule is CC=NC=C(C=CCCC)c1cccc(-c2nc(-c3cccc(-c4ccc(-c5ccccc5)cc4)c3)cc(-c3cccc(-c4ccc(-c5ccccc5)cc4)c3)n2)c1. The van der Waals surface area contributed by atoms with Crippen molar-refractivity contribution in [3.8, 4) is 78.4 Å². The summed E-state index contributed by atoms with van der Waals surface area (Å²) in [5.74, 6) is 0.667. The van der Waals surface area contributed by atoms with Gasteiger partial charge in [-0.3, -0.25) is 4.99 Å². The van der Waals surface area contributed by atoms with Gasteiger partial charge in [0, 0.05) is 29.1 Å². The summed E-state index contributed by atoms with van der Waals surface area (Å²) >= 11 is 0. The monoisotopic (exact) mass is 747 g/mol. The van der Waals surface area contributed by atoms with E-state index in [2.05, 4.69) is 212 Å². The summed E-state index contributed by atoms with van der Waals surface area (Å²) < 4.78 is 0. The fraction of sp³-hybridized carbons (Fsp3) is 0.0727. The van der Waals surface area contributed by atoms with Crippen LogP contribution in [-0.2, 0) is 0 Å². The van der Waals surface area contributed by atoms with E-state index in [-0.39, 0.29) is 0 Å². The van der Waals surface area contributed by atoms with Crippen molar-refractivity contribution in [2.45, 2.75) is 26.7 Å². The standard InChI is InChI=1S/C55H45N3/c1-3-5-8-20-52(39-56-4-2)48-23-15-26-51(37-48)55-57-53(49-24-13-21-46(35-49)44-31-27-42(28-32-44)40-16-9-6-10-17-40)38-54(58-55)50-25-14-22-47(36-50)45-33-29-43(30-34-45)41-18-11-7-12-19-41/h4,6-39H,3,5H2,1-2H3. The van der Waals surface area contributed by atoms with Crippen LogP contribution in [-0.4, -0.2) is 16.2 Å². The molecule has 0 spiro atoms. The predicted molar refractivity (Wildman–Crippen MR) is 246 cm³/mol. The zero-order valence-electron chi connectivity index (χ0n) is 33.0. The molecule has 280 valence electrons. The zero-order chi connectivity index (χ0) is 39.5. The van der Waals surface area contributed by atoms with Gasteiger partial charge in [-0.1, -0.05) is 189 Å². The molecule has 0 radical (unpaired) electrons. The molecule has 1 heterocycles. The van der Waals surface area contributed by atoms with E-state index < -0.39 is 0 Å². The van der Waals surface area contributed by atoms with Crippen molar-refractivity contribution in [3.63, 3.8) is 0 Å². The average Bonchev–Trinajstić information content (AvgIpc) is 3.31. The van der Waals surface area contributed by atoms with Crippen LogP contribution in [0.1, 0.15) is 32.3 Å². The molecule has 0 N–H and O–H groups in total. The van der Waals surface area contributed by atoms with E-state index in [0.29, 0.717) is 5.82 Å². The Morgan fingerprint density at radius 1 is 0.448 bits per heavy atom.